The van der Waals surface area contributed by atoms with Crippen molar-refractivity contribution >= 4 is 6.03 Å². The van der Waals surface area contributed by atoms with E-state index in [0.717, 1.165) is 0 Å². The Hall–Kier alpha value is -0.770. The molecular weight excluding hydrogens is 156 g/mol. The molecule has 1 fully saturated rings. The van der Waals surface area contributed by atoms with Crippen molar-refractivity contribution in [3.8, 4) is 0 Å². The lowest BCUT2D eigenvalue weighted by atomic mass is 9.80. The van der Waals surface area contributed by atoms with Crippen LogP contribution in [-0.2, 0) is 4.84 Å². The molecule has 1 atom stereocenters. The predicted molar refractivity (Wildman–Crippen MR) is 45.5 cm³/mol. The second kappa shape index (κ2) is 4.30. The molecule has 4 nitrogen and oxygen atoms in total. The number of urea groups is 1. The molecule has 0 aromatic rings. The summed E-state index contributed by atoms with van der Waals surface area (Å²) in [4.78, 5) is 15.4. The van der Waals surface area contributed by atoms with Crippen LogP contribution in [0.1, 0.15) is 26.2 Å². The molecule has 2 N–H and O–H groups in total. The third-order valence-corrected chi connectivity index (χ3v) is 2.41. The molecule has 0 heterocycles. The second-order valence-electron chi connectivity index (χ2n) is 3.26. The fourth-order valence-electron chi connectivity index (χ4n) is 1.39. The van der Waals surface area contributed by atoms with Gasteiger partial charge < -0.3 is 5.32 Å². The lowest BCUT2D eigenvalue weighted by Crippen LogP contribution is -2.45. The first-order valence-corrected chi connectivity index (χ1v) is 4.33. The van der Waals surface area contributed by atoms with Crippen LogP contribution in [0.4, 0.5) is 4.79 Å². The van der Waals surface area contributed by atoms with Crippen LogP contribution >= 0.6 is 0 Å². The number of hydrogen-bond acceptors (Lipinski definition) is 2. The molecule has 70 valence electrons. The summed E-state index contributed by atoms with van der Waals surface area (Å²) in [5.74, 6) is 0.660. The Morgan fingerprint density at radius 3 is 2.67 bits per heavy atom. The molecular formula is C8H16N2O2. The molecule has 0 aliphatic heterocycles. The monoisotopic (exact) mass is 172 g/mol. The molecule has 0 bridgehead atoms. The number of carbonyl (C=O) groups excluding carboxylic acids is 1. The van der Waals surface area contributed by atoms with Gasteiger partial charge in [-0.25, -0.2) is 10.3 Å². The van der Waals surface area contributed by atoms with Gasteiger partial charge in [-0.05, 0) is 25.7 Å². The summed E-state index contributed by atoms with van der Waals surface area (Å²) in [6, 6.07) is 0.00537. The fourth-order valence-corrected chi connectivity index (χ4v) is 1.39. The van der Waals surface area contributed by atoms with E-state index in [1.807, 2.05) is 6.92 Å². The van der Waals surface area contributed by atoms with Crippen LogP contribution < -0.4 is 10.8 Å². The Balaban J connectivity index is 2.15. The third kappa shape index (κ3) is 2.37. The van der Waals surface area contributed by atoms with E-state index < -0.39 is 0 Å². The minimum absolute atomic E-state index is 0.253. The predicted octanol–water partition coefficient (Wildman–Crippen LogP) is 1.04. The van der Waals surface area contributed by atoms with Crippen molar-refractivity contribution in [3.05, 3.63) is 0 Å². The summed E-state index contributed by atoms with van der Waals surface area (Å²) < 4.78 is 0. The molecule has 1 aliphatic carbocycles. The summed E-state index contributed by atoms with van der Waals surface area (Å²) in [7, 11) is 1.42. The highest BCUT2D eigenvalue weighted by Crippen LogP contribution is 2.29. The molecule has 12 heavy (non-hydrogen) atoms. The average molecular weight is 172 g/mol. The maximum atomic E-state index is 11.0. The second-order valence-corrected chi connectivity index (χ2v) is 3.26. The van der Waals surface area contributed by atoms with Gasteiger partial charge in [0.05, 0.1) is 7.11 Å². The van der Waals surface area contributed by atoms with E-state index in [4.69, 9.17) is 0 Å². The van der Waals surface area contributed by atoms with Gasteiger partial charge in [0, 0.05) is 6.04 Å². The zero-order valence-corrected chi connectivity index (χ0v) is 7.59. The number of nitrogens with one attached hydrogen (secondary N) is 2. The standard InChI is InChI=1S/C8H16N2O2/c1-6(7-4-3-5-7)9-8(11)10-12-2/h6-7H,3-5H2,1-2H3,(H2,9,10,11)/t6-/m0/s1. The molecule has 4 heteroatoms. The maximum Gasteiger partial charge on any atom is 0.338 e. The van der Waals surface area contributed by atoms with Gasteiger partial charge in [-0.1, -0.05) is 6.42 Å². The summed E-state index contributed by atoms with van der Waals surface area (Å²) in [5.41, 5.74) is 2.23. The van der Waals surface area contributed by atoms with Crippen LogP contribution in [0, 0.1) is 5.92 Å². The smallest absolute Gasteiger partial charge is 0.334 e. The summed E-state index contributed by atoms with van der Waals surface area (Å²) in [6.07, 6.45) is 3.76. The van der Waals surface area contributed by atoms with E-state index in [1.54, 1.807) is 0 Å². The van der Waals surface area contributed by atoms with E-state index >= 15 is 0 Å². The van der Waals surface area contributed by atoms with E-state index in [0.29, 0.717) is 5.92 Å². The summed E-state index contributed by atoms with van der Waals surface area (Å²) >= 11 is 0. The zero-order valence-electron chi connectivity index (χ0n) is 7.59. The first kappa shape index (κ1) is 9.32. The Morgan fingerprint density at radius 2 is 2.25 bits per heavy atom. The fraction of sp³-hybridized carbons (Fsp3) is 0.875. The number of carbonyl (C=O) groups is 1. The molecule has 0 unspecified atom stereocenters. The number of amides is 2. The highest BCUT2D eigenvalue weighted by molar-refractivity contribution is 5.72. The van der Waals surface area contributed by atoms with Crippen LogP contribution in [0.2, 0.25) is 0 Å². The van der Waals surface area contributed by atoms with Crippen molar-refractivity contribution in [3.63, 3.8) is 0 Å². The molecule has 2 amide bonds. The Morgan fingerprint density at radius 1 is 1.58 bits per heavy atom. The topological polar surface area (TPSA) is 50.4 Å². The lowest BCUT2D eigenvalue weighted by Gasteiger charge is -2.31. The number of hydroxylamine groups is 1. The minimum atomic E-state index is -0.253. The SMILES string of the molecule is CONC(=O)N[C@@H](C)C1CCC1. The van der Waals surface area contributed by atoms with Crippen LogP contribution in [0.3, 0.4) is 0 Å². The van der Waals surface area contributed by atoms with Gasteiger partial charge in [-0.3, -0.25) is 4.84 Å². The molecule has 0 spiro atoms. The Bertz CT molecular complexity index is 157. The molecule has 1 rings (SSSR count). The Labute approximate surface area is 72.6 Å². The van der Waals surface area contributed by atoms with Gasteiger partial charge >= 0.3 is 6.03 Å². The molecule has 1 aliphatic rings. The van der Waals surface area contributed by atoms with Crippen LogP contribution in [0.25, 0.3) is 0 Å². The van der Waals surface area contributed by atoms with Crippen molar-refractivity contribution in [2.45, 2.75) is 32.2 Å². The molecule has 0 radical (unpaired) electrons. The van der Waals surface area contributed by atoms with E-state index in [1.165, 1.54) is 26.4 Å². The van der Waals surface area contributed by atoms with Crippen LogP contribution in [-0.4, -0.2) is 19.2 Å². The van der Waals surface area contributed by atoms with Gasteiger partial charge in [0.1, 0.15) is 0 Å². The van der Waals surface area contributed by atoms with Gasteiger partial charge in [-0.15, -0.1) is 0 Å². The first-order valence-electron chi connectivity index (χ1n) is 4.33. The average Bonchev–Trinajstić information content (AvgIpc) is 1.82. The van der Waals surface area contributed by atoms with Crippen LogP contribution in [0.15, 0.2) is 0 Å². The normalized spacial score (nSPS) is 19.5. The van der Waals surface area contributed by atoms with E-state index in [9.17, 15) is 4.79 Å². The van der Waals surface area contributed by atoms with Crippen molar-refractivity contribution < 1.29 is 9.63 Å². The first-order chi connectivity index (χ1) is 5.74. The van der Waals surface area contributed by atoms with Crippen molar-refractivity contribution in [2.24, 2.45) is 5.92 Å². The largest absolute Gasteiger partial charge is 0.338 e. The Kier molecular flexibility index (Phi) is 3.34. The minimum Gasteiger partial charge on any atom is -0.334 e. The van der Waals surface area contributed by atoms with E-state index in [2.05, 4.69) is 15.6 Å². The maximum absolute atomic E-state index is 11.0. The van der Waals surface area contributed by atoms with Crippen molar-refractivity contribution in [2.75, 3.05) is 7.11 Å². The van der Waals surface area contributed by atoms with Crippen LogP contribution in [0.5, 0.6) is 0 Å². The molecule has 0 aromatic carbocycles. The van der Waals surface area contributed by atoms with E-state index in [-0.39, 0.29) is 12.1 Å². The third-order valence-electron chi connectivity index (χ3n) is 2.41. The number of hydrogen-bond donors (Lipinski definition) is 2. The molecule has 0 saturated heterocycles. The summed E-state index contributed by atoms with van der Waals surface area (Å²) in [6.45, 7) is 2.03. The van der Waals surface area contributed by atoms with Crippen molar-refractivity contribution in [1.82, 2.24) is 10.8 Å². The highest BCUT2D eigenvalue weighted by Gasteiger charge is 2.24. The van der Waals surface area contributed by atoms with Gasteiger partial charge in [0.15, 0.2) is 0 Å². The lowest BCUT2D eigenvalue weighted by molar-refractivity contribution is 0.103. The molecule has 0 aromatic heterocycles. The summed E-state index contributed by atoms with van der Waals surface area (Å²) in [5, 5.41) is 2.81. The molecule has 1 saturated carbocycles. The zero-order chi connectivity index (χ0) is 8.97. The quantitative estimate of drug-likeness (QED) is 0.625. The van der Waals surface area contributed by atoms with Gasteiger partial charge in [-0.2, -0.15) is 0 Å². The van der Waals surface area contributed by atoms with Crippen molar-refractivity contribution in [1.29, 1.82) is 0 Å². The number of rotatable bonds is 3. The van der Waals surface area contributed by atoms with Gasteiger partial charge in [0.2, 0.25) is 0 Å². The highest BCUT2D eigenvalue weighted by atomic mass is 16.6. The van der Waals surface area contributed by atoms with Gasteiger partial charge in [0.25, 0.3) is 0 Å².